The predicted molar refractivity (Wildman–Crippen MR) is 91.1 cm³/mol. The molecule has 1 aromatic heterocycles. The van der Waals surface area contributed by atoms with E-state index in [9.17, 15) is 0 Å². The van der Waals surface area contributed by atoms with Crippen LogP contribution >= 0.6 is 11.3 Å². The van der Waals surface area contributed by atoms with Crippen molar-refractivity contribution in [1.82, 2.24) is 10.2 Å². The molecule has 4 heteroatoms. The van der Waals surface area contributed by atoms with Crippen molar-refractivity contribution in [2.75, 3.05) is 26.2 Å². The molecule has 116 valence electrons. The maximum absolute atomic E-state index is 4.86. The van der Waals surface area contributed by atoms with Gasteiger partial charge in [-0.2, -0.15) is 0 Å². The summed E-state index contributed by atoms with van der Waals surface area (Å²) in [4.78, 5) is 8.80. The first-order valence-corrected chi connectivity index (χ1v) is 9.25. The summed E-state index contributed by atoms with van der Waals surface area (Å²) in [7, 11) is 0. The second-order valence-electron chi connectivity index (χ2n) is 6.44. The molecule has 0 aromatic carbocycles. The van der Waals surface area contributed by atoms with Crippen LogP contribution in [0.4, 0.5) is 0 Å². The van der Waals surface area contributed by atoms with Crippen LogP contribution in [-0.4, -0.2) is 37.0 Å². The summed E-state index contributed by atoms with van der Waals surface area (Å²) >= 11 is 1.83. The lowest BCUT2D eigenvalue weighted by Crippen LogP contribution is -2.41. The van der Waals surface area contributed by atoms with E-state index in [2.05, 4.69) is 34.7 Å². The summed E-state index contributed by atoms with van der Waals surface area (Å²) < 4.78 is 0. The van der Waals surface area contributed by atoms with Crippen molar-refractivity contribution >= 4 is 17.3 Å². The Kier molecular flexibility index (Phi) is 4.84. The molecule has 1 N–H and O–H groups in total. The number of aliphatic imine (C=N–C) groups is 1. The summed E-state index contributed by atoms with van der Waals surface area (Å²) in [5.74, 6) is 1.14. The average molecular weight is 305 g/mol. The molecule has 1 aromatic rings. The minimum Gasteiger partial charge on any atom is -0.357 e. The lowest BCUT2D eigenvalue weighted by molar-refractivity contribution is 0.309. The first kappa shape index (κ1) is 14.9. The van der Waals surface area contributed by atoms with E-state index in [0.717, 1.165) is 25.5 Å². The Hall–Kier alpha value is -1.03. The van der Waals surface area contributed by atoms with Crippen molar-refractivity contribution in [2.24, 2.45) is 10.4 Å². The summed E-state index contributed by atoms with van der Waals surface area (Å²) in [6.07, 6.45) is 8.14. The Morgan fingerprint density at radius 2 is 2.24 bits per heavy atom. The molecule has 1 aliphatic heterocycles. The Bertz CT molecular complexity index is 460. The van der Waals surface area contributed by atoms with Crippen LogP contribution in [0.1, 0.15) is 43.9 Å². The molecular weight excluding hydrogens is 278 g/mol. The van der Waals surface area contributed by atoms with Crippen molar-refractivity contribution in [1.29, 1.82) is 0 Å². The van der Waals surface area contributed by atoms with Crippen LogP contribution in [0.25, 0.3) is 0 Å². The summed E-state index contributed by atoms with van der Waals surface area (Å²) in [6, 6.07) is 4.33. The highest BCUT2D eigenvalue weighted by atomic mass is 32.1. The zero-order chi connectivity index (χ0) is 14.5. The summed E-state index contributed by atoms with van der Waals surface area (Å²) in [5, 5.41) is 5.64. The van der Waals surface area contributed by atoms with E-state index < -0.39 is 0 Å². The molecule has 0 atom stereocenters. The van der Waals surface area contributed by atoms with Crippen LogP contribution in [0.15, 0.2) is 22.5 Å². The number of nitrogens with one attached hydrogen (secondary N) is 1. The lowest BCUT2D eigenvalue weighted by Gasteiger charge is -2.25. The predicted octanol–water partition coefficient (Wildman–Crippen LogP) is 3.52. The van der Waals surface area contributed by atoms with Gasteiger partial charge in [0, 0.05) is 37.5 Å². The van der Waals surface area contributed by atoms with Crippen LogP contribution in [0, 0.1) is 5.41 Å². The van der Waals surface area contributed by atoms with E-state index in [0.29, 0.717) is 5.41 Å². The van der Waals surface area contributed by atoms with Crippen LogP contribution in [0.2, 0.25) is 0 Å². The van der Waals surface area contributed by atoms with Gasteiger partial charge in [-0.1, -0.05) is 18.9 Å². The molecule has 0 bridgehead atoms. The number of likely N-dealkylation sites (tertiary alicyclic amines) is 1. The molecule has 2 aliphatic rings. The third-order valence-corrected chi connectivity index (χ3v) is 5.87. The maximum atomic E-state index is 4.86. The van der Waals surface area contributed by atoms with Gasteiger partial charge in [0.1, 0.15) is 0 Å². The molecule has 3 rings (SSSR count). The van der Waals surface area contributed by atoms with Gasteiger partial charge in [0.2, 0.25) is 0 Å². The summed E-state index contributed by atoms with van der Waals surface area (Å²) in [5.41, 5.74) is 0.615. The molecule has 1 saturated heterocycles. The van der Waals surface area contributed by atoms with E-state index in [1.807, 2.05) is 11.3 Å². The monoisotopic (exact) mass is 305 g/mol. The molecule has 2 heterocycles. The largest absolute Gasteiger partial charge is 0.357 e. The molecule has 1 saturated carbocycles. The van der Waals surface area contributed by atoms with Gasteiger partial charge in [-0.05, 0) is 43.0 Å². The number of hydrogen-bond donors (Lipinski definition) is 1. The smallest absolute Gasteiger partial charge is 0.193 e. The van der Waals surface area contributed by atoms with E-state index in [4.69, 9.17) is 4.99 Å². The highest BCUT2D eigenvalue weighted by Crippen LogP contribution is 2.45. The van der Waals surface area contributed by atoms with Crippen LogP contribution < -0.4 is 5.32 Å². The minimum absolute atomic E-state index is 0.615. The lowest BCUT2D eigenvalue weighted by atomic mass is 9.86. The van der Waals surface area contributed by atoms with Gasteiger partial charge < -0.3 is 10.2 Å². The van der Waals surface area contributed by atoms with E-state index >= 15 is 0 Å². The van der Waals surface area contributed by atoms with Gasteiger partial charge in [-0.3, -0.25) is 4.99 Å². The van der Waals surface area contributed by atoms with Gasteiger partial charge >= 0.3 is 0 Å². The Morgan fingerprint density at radius 1 is 1.38 bits per heavy atom. The van der Waals surface area contributed by atoms with Crippen molar-refractivity contribution in [2.45, 2.75) is 45.4 Å². The van der Waals surface area contributed by atoms with Crippen LogP contribution in [0.5, 0.6) is 0 Å². The number of thiophene rings is 1. The highest BCUT2D eigenvalue weighted by molar-refractivity contribution is 7.09. The molecular formula is C17H27N3S. The van der Waals surface area contributed by atoms with Crippen LogP contribution in [0.3, 0.4) is 0 Å². The van der Waals surface area contributed by atoms with Crippen molar-refractivity contribution in [3.63, 3.8) is 0 Å². The van der Waals surface area contributed by atoms with Gasteiger partial charge in [-0.15, -0.1) is 11.3 Å². The molecule has 21 heavy (non-hydrogen) atoms. The average Bonchev–Trinajstić information content (AvgIpc) is 3.22. The highest BCUT2D eigenvalue weighted by Gasteiger charge is 2.40. The van der Waals surface area contributed by atoms with Gasteiger partial charge in [0.25, 0.3) is 0 Å². The second kappa shape index (κ2) is 6.82. The summed E-state index contributed by atoms with van der Waals surface area (Å²) in [6.45, 7) is 6.42. The third kappa shape index (κ3) is 3.60. The van der Waals surface area contributed by atoms with Gasteiger partial charge in [0.15, 0.2) is 5.96 Å². The SMILES string of the molecule is CCNC(=NCCc1cccs1)N1CCC2(CCCC2)C1. The Labute approximate surface area is 132 Å². The number of guanidine groups is 1. The van der Waals surface area contributed by atoms with Crippen molar-refractivity contribution in [3.05, 3.63) is 22.4 Å². The fraction of sp³-hybridized carbons (Fsp3) is 0.706. The fourth-order valence-corrected chi connectivity index (χ4v) is 4.50. The second-order valence-corrected chi connectivity index (χ2v) is 7.48. The van der Waals surface area contributed by atoms with E-state index in [-0.39, 0.29) is 0 Å². The topological polar surface area (TPSA) is 27.6 Å². The third-order valence-electron chi connectivity index (χ3n) is 4.94. The standard InChI is InChI=1S/C17H27N3S/c1-2-18-16(19-11-7-15-6-5-13-21-15)20-12-10-17(14-20)8-3-4-9-17/h5-6,13H,2-4,7-12,14H2,1H3,(H,18,19). The molecule has 3 nitrogen and oxygen atoms in total. The quantitative estimate of drug-likeness (QED) is 0.681. The van der Waals surface area contributed by atoms with Gasteiger partial charge in [-0.25, -0.2) is 0 Å². The Morgan fingerprint density at radius 3 is 2.95 bits per heavy atom. The molecule has 1 aliphatic carbocycles. The Balaban J connectivity index is 1.58. The molecule has 0 amide bonds. The molecule has 1 spiro atoms. The normalized spacial score (nSPS) is 21.4. The minimum atomic E-state index is 0.615. The zero-order valence-electron chi connectivity index (χ0n) is 13.1. The molecule has 0 unspecified atom stereocenters. The van der Waals surface area contributed by atoms with E-state index in [1.54, 1.807) is 0 Å². The maximum Gasteiger partial charge on any atom is 0.193 e. The number of rotatable bonds is 4. The van der Waals surface area contributed by atoms with Crippen molar-refractivity contribution in [3.8, 4) is 0 Å². The van der Waals surface area contributed by atoms with Gasteiger partial charge in [0.05, 0.1) is 0 Å². The first-order valence-electron chi connectivity index (χ1n) is 8.37. The van der Waals surface area contributed by atoms with Crippen LogP contribution in [-0.2, 0) is 6.42 Å². The number of nitrogens with zero attached hydrogens (tertiary/aromatic N) is 2. The fourth-order valence-electron chi connectivity index (χ4n) is 3.80. The molecule has 2 fully saturated rings. The zero-order valence-corrected chi connectivity index (χ0v) is 13.9. The van der Waals surface area contributed by atoms with Crippen molar-refractivity contribution < 1.29 is 0 Å². The van der Waals surface area contributed by atoms with E-state index in [1.165, 1.54) is 50.1 Å². The first-order chi connectivity index (χ1) is 10.3. The molecule has 0 radical (unpaired) electrons. The number of hydrogen-bond acceptors (Lipinski definition) is 2.